The van der Waals surface area contributed by atoms with E-state index in [1.165, 1.54) is 16.0 Å². The lowest BCUT2D eigenvalue weighted by atomic mass is 9.90. The molecular formula is C16H26N2O3S2. The van der Waals surface area contributed by atoms with E-state index in [0.717, 1.165) is 45.5 Å². The molecule has 0 bridgehead atoms. The molecule has 1 aromatic heterocycles. The Hall–Kier alpha value is -0.470. The molecule has 0 atom stereocenters. The number of piperidine rings is 1. The molecule has 1 aromatic rings. The molecule has 0 amide bonds. The van der Waals surface area contributed by atoms with Gasteiger partial charge >= 0.3 is 0 Å². The number of sulfonamides is 1. The minimum atomic E-state index is -3.08. The molecule has 2 aliphatic heterocycles. The molecule has 0 unspecified atom stereocenters. The van der Waals surface area contributed by atoms with E-state index in [1.807, 2.05) is 11.3 Å². The van der Waals surface area contributed by atoms with Crippen molar-refractivity contribution >= 4 is 21.4 Å². The predicted octanol–water partition coefficient (Wildman–Crippen LogP) is 1.94. The number of rotatable bonds is 4. The zero-order valence-corrected chi connectivity index (χ0v) is 15.6. The van der Waals surface area contributed by atoms with Crippen LogP contribution >= 0.6 is 11.3 Å². The largest absolute Gasteiger partial charge is 0.372 e. The molecule has 7 heteroatoms. The van der Waals surface area contributed by atoms with Crippen LogP contribution in [-0.2, 0) is 27.7 Å². The van der Waals surface area contributed by atoms with Crippen LogP contribution in [-0.4, -0.2) is 62.3 Å². The number of hydrogen-bond acceptors (Lipinski definition) is 5. The molecule has 0 saturated carbocycles. The minimum absolute atomic E-state index is 0.162. The van der Waals surface area contributed by atoms with Gasteiger partial charge in [0.1, 0.15) is 0 Å². The van der Waals surface area contributed by atoms with E-state index in [4.69, 9.17) is 4.74 Å². The molecular weight excluding hydrogens is 332 g/mol. The zero-order chi connectivity index (χ0) is 16.5. The van der Waals surface area contributed by atoms with Crippen molar-refractivity contribution in [2.75, 3.05) is 39.0 Å². The van der Waals surface area contributed by atoms with Gasteiger partial charge in [0.05, 0.1) is 18.5 Å². The maximum atomic E-state index is 11.7. The summed E-state index contributed by atoms with van der Waals surface area (Å²) in [4.78, 5) is 5.31. The fraction of sp³-hybridized carbons (Fsp3) is 0.750. The van der Waals surface area contributed by atoms with Gasteiger partial charge in [0.25, 0.3) is 0 Å². The highest BCUT2D eigenvalue weighted by Gasteiger charge is 2.41. The molecule has 0 aromatic carbocycles. The third-order valence-corrected chi connectivity index (χ3v) is 7.39. The van der Waals surface area contributed by atoms with E-state index in [1.54, 1.807) is 4.31 Å². The van der Waals surface area contributed by atoms with E-state index < -0.39 is 10.0 Å². The SMILES string of the molecule is CCc1ccc(CN2CCOC3(CCN(S(C)(=O)=O)CC3)C2)s1. The van der Waals surface area contributed by atoms with Gasteiger partial charge in [-0.25, -0.2) is 12.7 Å². The first-order valence-corrected chi connectivity index (χ1v) is 11.0. The van der Waals surface area contributed by atoms with Crippen LogP contribution in [0.2, 0.25) is 0 Å². The highest BCUT2D eigenvalue weighted by molar-refractivity contribution is 7.88. The highest BCUT2D eigenvalue weighted by atomic mass is 32.2. The summed E-state index contributed by atoms with van der Waals surface area (Å²) < 4.78 is 31.0. The maximum absolute atomic E-state index is 11.7. The summed E-state index contributed by atoms with van der Waals surface area (Å²) in [6, 6.07) is 4.46. The Balaban J connectivity index is 1.60. The van der Waals surface area contributed by atoms with Crippen molar-refractivity contribution in [2.45, 2.75) is 38.3 Å². The number of ether oxygens (including phenoxy) is 1. The summed E-state index contributed by atoms with van der Waals surface area (Å²) in [5.41, 5.74) is -0.162. The van der Waals surface area contributed by atoms with E-state index >= 15 is 0 Å². The first-order chi connectivity index (χ1) is 10.9. The summed E-state index contributed by atoms with van der Waals surface area (Å²) in [6.07, 6.45) is 3.97. The van der Waals surface area contributed by atoms with Gasteiger partial charge in [-0.1, -0.05) is 6.92 Å². The second-order valence-corrected chi connectivity index (χ2v) is 9.86. The molecule has 0 radical (unpaired) electrons. The van der Waals surface area contributed by atoms with E-state index in [2.05, 4.69) is 24.0 Å². The van der Waals surface area contributed by atoms with Gasteiger partial charge in [-0.3, -0.25) is 4.90 Å². The van der Waals surface area contributed by atoms with Crippen LogP contribution in [0.4, 0.5) is 0 Å². The van der Waals surface area contributed by atoms with Gasteiger partial charge in [-0.05, 0) is 31.4 Å². The standard InChI is InChI=1S/C16H26N2O3S2/c1-3-14-4-5-15(22-14)12-17-10-11-21-16(13-17)6-8-18(9-7-16)23(2,19)20/h4-5H,3,6-13H2,1-2H3. The minimum Gasteiger partial charge on any atom is -0.372 e. The van der Waals surface area contributed by atoms with Crippen molar-refractivity contribution in [2.24, 2.45) is 0 Å². The van der Waals surface area contributed by atoms with Crippen molar-refractivity contribution in [3.8, 4) is 0 Å². The maximum Gasteiger partial charge on any atom is 0.211 e. The first-order valence-electron chi connectivity index (χ1n) is 8.29. The second-order valence-electron chi connectivity index (χ2n) is 6.63. The zero-order valence-electron chi connectivity index (χ0n) is 14.0. The number of thiophene rings is 1. The molecule has 5 nitrogen and oxygen atoms in total. The Labute approximate surface area is 143 Å². The number of aryl methyl sites for hydroxylation is 1. The lowest BCUT2D eigenvalue weighted by molar-refractivity contribution is -0.131. The van der Waals surface area contributed by atoms with E-state index in [-0.39, 0.29) is 5.60 Å². The van der Waals surface area contributed by atoms with Crippen molar-refractivity contribution in [3.05, 3.63) is 21.9 Å². The quantitative estimate of drug-likeness (QED) is 0.825. The van der Waals surface area contributed by atoms with Gasteiger partial charge in [0.15, 0.2) is 0 Å². The molecule has 3 rings (SSSR count). The number of hydrogen-bond donors (Lipinski definition) is 0. The Morgan fingerprint density at radius 3 is 2.52 bits per heavy atom. The Kier molecular flexibility index (Phi) is 5.13. The van der Waals surface area contributed by atoms with Gasteiger partial charge in [-0.15, -0.1) is 11.3 Å². The molecule has 0 N–H and O–H groups in total. The van der Waals surface area contributed by atoms with Crippen molar-refractivity contribution in [1.82, 2.24) is 9.21 Å². The molecule has 130 valence electrons. The van der Waals surface area contributed by atoms with Crippen LogP contribution in [0.1, 0.15) is 29.5 Å². The van der Waals surface area contributed by atoms with E-state index in [0.29, 0.717) is 13.1 Å². The van der Waals surface area contributed by atoms with Crippen LogP contribution in [0, 0.1) is 0 Å². The molecule has 2 fully saturated rings. The van der Waals surface area contributed by atoms with E-state index in [9.17, 15) is 8.42 Å². The molecule has 1 spiro atoms. The second kappa shape index (κ2) is 6.80. The van der Waals surface area contributed by atoms with Crippen LogP contribution < -0.4 is 0 Å². The molecule has 23 heavy (non-hydrogen) atoms. The monoisotopic (exact) mass is 358 g/mol. The molecule has 2 saturated heterocycles. The highest BCUT2D eigenvalue weighted by Crippen LogP contribution is 2.32. The fourth-order valence-electron chi connectivity index (χ4n) is 3.50. The summed E-state index contributed by atoms with van der Waals surface area (Å²) in [7, 11) is -3.08. The Morgan fingerprint density at radius 2 is 1.91 bits per heavy atom. The fourth-order valence-corrected chi connectivity index (χ4v) is 5.35. The molecule has 2 aliphatic rings. The smallest absolute Gasteiger partial charge is 0.211 e. The van der Waals surface area contributed by atoms with Crippen molar-refractivity contribution < 1.29 is 13.2 Å². The third-order valence-electron chi connectivity index (χ3n) is 4.88. The lowest BCUT2D eigenvalue weighted by Gasteiger charge is -2.46. The van der Waals surface area contributed by atoms with Gasteiger partial charge in [-0.2, -0.15) is 0 Å². The van der Waals surface area contributed by atoms with Gasteiger partial charge in [0.2, 0.25) is 10.0 Å². The normalized spacial score (nSPS) is 23.4. The van der Waals surface area contributed by atoms with Crippen molar-refractivity contribution in [1.29, 1.82) is 0 Å². The first kappa shape index (κ1) is 17.4. The lowest BCUT2D eigenvalue weighted by Crippen LogP contribution is -2.57. The van der Waals surface area contributed by atoms with Crippen LogP contribution in [0.15, 0.2) is 12.1 Å². The Bertz CT molecular complexity index is 634. The number of morpholine rings is 1. The average Bonchev–Trinajstić information content (AvgIpc) is 2.94. The van der Waals surface area contributed by atoms with Gasteiger partial charge in [0, 0.05) is 42.5 Å². The average molecular weight is 359 g/mol. The molecule has 0 aliphatic carbocycles. The van der Waals surface area contributed by atoms with Gasteiger partial charge < -0.3 is 4.74 Å². The summed E-state index contributed by atoms with van der Waals surface area (Å²) in [6.45, 7) is 6.92. The third kappa shape index (κ3) is 4.14. The van der Waals surface area contributed by atoms with Crippen LogP contribution in [0.25, 0.3) is 0 Å². The topological polar surface area (TPSA) is 49.9 Å². The predicted molar refractivity (Wildman–Crippen MR) is 93.3 cm³/mol. The summed E-state index contributed by atoms with van der Waals surface area (Å²) >= 11 is 1.90. The summed E-state index contributed by atoms with van der Waals surface area (Å²) in [5, 5.41) is 0. The number of nitrogens with zero attached hydrogens (tertiary/aromatic N) is 2. The van der Waals surface area contributed by atoms with Crippen molar-refractivity contribution in [3.63, 3.8) is 0 Å². The van der Waals surface area contributed by atoms with Crippen LogP contribution in [0.5, 0.6) is 0 Å². The molecule has 3 heterocycles. The van der Waals surface area contributed by atoms with Crippen LogP contribution in [0.3, 0.4) is 0 Å². The Morgan fingerprint density at radius 1 is 1.22 bits per heavy atom. The summed E-state index contributed by atoms with van der Waals surface area (Å²) in [5.74, 6) is 0.